The third kappa shape index (κ3) is 4.67. The summed E-state index contributed by atoms with van der Waals surface area (Å²) >= 11 is 0. The minimum Gasteiger partial charge on any atom is -0.481 e. The zero-order valence-corrected chi connectivity index (χ0v) is 13.5. The molecule has 0 radical (unpaired) electrons. The molecule has 1 amide bonds. The fourth-order valence-corrected chi connectivity index (χ4v) is 2.04. The van der Waals surface area contributed by atoms with Gasteiger partial charge in [0.1, 0.15) is 5.69 Å². The normalized spacial score (nSPS) is 11.3. The molecule has 2 aromatic rings. The highest BCUT2D eigenvalue weighted by molar-refractivity contribution is 5.92. The van der Waals surface area contributed by atoms with Crippen molar-refractivity contribution in [2.24, 2.45) is 0 Å². The van der Waals surface area contributed by atoms with Gasteiger partial charge in [-0.15, -0.1) is 0 Å². The number of benzene rings is 1. The Morgan fingerprint density at radius 2 is 1.78 bits per heavy atom. The van der Waals surface area contributed by atoms with Gasteiger partial charge in [0.25, 0.3) is 5.91 Å². The number of nitrogens with one attached hydrogen (secondary N) is 2. The van der Waals surface area contributed by atoms with E-state index in [0.29, 0.717) is 12.2 Å². The summed E-state index contributed by atoms with van der Waals surface area (Å²) in [5, 5.41) is 18.5. The van der Waals surface area contributed by atoms with E-state index in [1.165, 1.54) is 0 Å². The van der Waals surface area contributed by atoms with Crippen LogP contribution in [0.15, 0.2) is 30.3 Å². The maximum Gasteiger partial charge on any atom is 0.307 e. The summed E-state index contributed by atoms with van der Waals surface area (Å²) in [5.74, 6) is -1.11. The average molecular weight is 315 g/mol. The first-order valence-electron chi connectivity index (χ1n) is 7.39. The number of aliphatic carboxylic acids is 1. The van der Waals surface area contributed by atoms with Crippen LogP contribution < -0.4 is 5.32 Å². The lowest BCUT2D eigenvalue weighted by Crippen LogP contribution is -2.23. The first kappa shape index (κ1) is 16.7. The minimum atomic E-state index is -0.862. The first-order valence-corrected chi connectivity index (χ1v) is 7.39. The quantitative estimate of drug-likeness (QED) is 0.788. The van der Waals surface area contributed by atoms with Crippen LogP contribution in [0.2, 0.25) is 0 Å². The summed E-state index contributed by atoms with van der Waals surface area (Å²) < 4.78 is 0. The van der Waals surface area contributed by atoms with Crippen LogP contribution in [0.4, 0.5) is 0 Å². The molecular formula is C17H21N3O3. The first-order chi connectivity index (χ1) is 10.8. The molecule has 0 fully saturated rings. The molecule has 0 spiro atoms. The highest BCUT2D eigenvalue weighted by Crippen LogP contribution is 2.20. The highest BCUT2D eigenvalue weighted by Gasteiger charge is 2.19. The van der Waals surface area contributed by atoms with Gasteiger partial charge in [0.15, 0.2) is 0 Å². The monoisotopic (exact) mass is 315 g/mol. The maximum absolute atomic E-state index is 12.1. The lowest BCUT2D eigenvalue weighted by molar-refractivity contribution is -0.136. The minimum absolute atomic E-state index is 0.00447. The number of hydrogen-bond donors (Lipinski definition) is 3. The molecule has 0 atom stereocenters. The predicted octanol–water partition coefficient (Wildman–Crippen LogP) is 2.26. The fourth-order valence-electron chi connectivity index (χ4n) is 2.04. The molecule has 0 aliphatic heterocycles. The van der Waals surface area contributed by atoms with Crippen molar-refractivity contribution in [2.75, 3.05) is 0 Å². The molecule has 0 aliphatic rings. The van der Waals surface area contributed by atoms with Gasteiger partial charge in [-0.3, -0.25) is 14.7 Å². The largest absolute Gasteiger partial charge is 0.481 e. The van der Waals surface area contributed by atoms with Gasteiger partial charge in [0.05, 0.1) is 6.42 Å². The Balaban J connectivity index is 1.94. The number of carbonyl (C=O) groups excluding carboxylic acids is 1. The molecule has 0 saturated carbocycles. The van der Waals surface area contributed by atoms with Crippen molar-refractivity contribution in [2.45, 2.75) is 39.2 Å². The SMILES string of the molecule is CC(C)(C)c1cc(C(=O)NCc2ccc(CC(=O)O)cc2)n[nH]1. The molecule has 1 aromatic carbocycles. The lowest BCUT2D eigenvalue weighted by Gasteiger charge is -2.14. The summed E-state index contributed by atoms with van der Waals surface area (Å²) in [6.45, 7) is 6.49. The number of aromatic amines is 1. The number of hydrogen-bond acceptors (Lipinski definition) is 3. The van der Waals surface area contributed by atoms with Gasteiger partial charge < -0.3 is 10.4 Å². The molecule has 6 nitrogen and oxygen atoms in total. The molecule has 6 heteroatoms. The molecule has 3 N–H and O–H groups in total. The summed E-state index contributed by atoms with van der Waals surface area (Å²) in [6, 6.07) is 8.88. The van der Waals surface area contributed by atoms with E-state index >= 15 is 0 Å². The molecule has 0 saturated heterocycles. The standard InChI is InChI=1S/C17H21N3O3/c1-17(2,3)14-9-13(19-20-14)16(23)18-10-12-6-4-11(5-7-12)8-15(21)22/h4-7,9H,8,10H2,1-3H3,(H,18,23)(H,19,20)(H,21,22). The van der Waals surface area contributed by atoms with Gasteiger partial charge in [0.2, 0.25) is 0 Å². The number of aromatic nitrogens is 2. The predicted molar refractivity (Wildman–Crippen MR) is 86.2 cm³/mol. The molecule has 0 unspecified atom stereocenters. The van der Waals surface area contributed by atoms with Crippen LogP contribution in [0, 0.1) is 0 Å². The van der Waals surface area contributed by atoms with E-state index in [2.05, 4.69) is 15.5 Å². The van der Waals surface area contributed by atoms with Crippen LogP contribution in [0.3, 0.4) is 0 Å². The van der Waals surface area contributed by atoms with Crippen LogP contribution in [-0.4, -0.2) is 27.2 Å². The molecule has 1 aromatic heterocycles. The van der Waals surface area contributed by atoms with Crippen LogP contribution in [0.5, 0.6) is 0 Å². The van der Waals surface area contributed by atoms with Crippen LogP contribution in [0.1, 0.15) is 48.1 Å². The van der Waals surface area contributed by atoms with E-state index in [4.69, 9.17) is 5.11 Å². The van der Waals surface area contributed by atoms with E-state index in [1.807, 2.05) is 32.9 Å². The van der Waals surface area contributed by atoms with Gasteiger partial charge in [-0.1, -0.05) is 45.0 Å². The van der Waals surface area contributed by atoms with Gasteiger partial charge in [-0.2, -0.15) is 5.10 Å². The average Bonchev–Trinajstić information content (AvgIpc) is 2.95. The molecule has 23 heavy (non-hydrogen) atoms. The van der Waals surface area contributed by atoms with Crippen LogP contribution in [0.25, 0.3) is 0 Å². The highest BCUT2D eigenvalue weighted by atomic mass is 16.4. The zero-order chi connectivity index (χ0) is 17.0. The zero-order valence-electron chi connectivity index (χ0n) is 13.5. The van der Waals surface area contributed by atoms with Gasteiger partial charge in [-0.25, -0.2) is 0 Å². The third-order valence-corrected chi connectivity index (χ3v) is 3.45. The Hall–Kier alpha value is -2.63. The van der Waals surface area contributed by atoms with Crippen molar-refractivity contribution in [1.82, 2.24) is 15.5 Å². The van der Waals surface area contributed by atoms with Crippen molar-refractivity contribution < 1.29 is 14.7 Å². The lowest BCUT2D eigenvalue weighted by atomic mass is 9.92. The number of H-pyrrole nitrogens is 1. The van der Waals surface area contributed by atoms with Crippen LogP contribution in [-0.2, 0) is 23.2 Å². The molecule has 1 heterocycles. The van der Waals surface area contributed by atoms with Gasteiger partial charge >= 0.3 is 5.97 Å². The Morgan fingerprint density at radius 3 is 2.30 bits per heavy atom. The van der Waals surface area contributed by atoms with Crippen molar-refractivity contribution >= 4 is 11.9 Å². The van der Waals surface area contributed by atoms with E-state index in [1.54, 1.807) is 18.2 Å². The number of rotatable bonds is 5. The van der Waals surface area contributed by atoms with Crippen molar-refractivity contribution in [3.8, 4) is 0 Å². The van der Waals surface area contributed by atoms with E-state index < -0.39 is 5.97 Å². The number of carbonyl (C=O) groups is 2. The smallest absolute Gasteiger partial charge is 0.307 e. The fraction of sp³-hybridized carbons (Fsp3) is 0.353. The van der Waals surface area contributed by atoms with Crippen molar-refractivity contribution in [3.05, 3.63) is 52.8 Å². The van der Waals surface area contributed by atoms with E-state index in [9.17, 15) is 9.59 Å². The van der Waals surface area contributed by atoms with Crippen molar-refractivity contribution in [1.29, 1.82) is 0 Å². The topological polar surface area (TPSA) is 95.1 Å². The number of amides is 1. The van der Waals surface area contributed by atoms with Gasteiger partial charge in [0, 0.05) is 17.7 Å². The molecule has 122 valence electrons. The third-order valence-electron chi connectivity index (χ3n) is 3.45. The Bertz CT molecular complexity index is 697. The summed E-state index contributed by atoms with van der Waals surface area (Å²) in [5.41, 5.74) is 2.80. The second-order valence-electron chi connectivity index (χ2n) is 6.49. The Morgan fingerprint density at radius 1 is 1.17 bits per heavy atom. The number of nitrogens with zero attached hydrogens (tertiary/aromatic N) is 1. The number of carboxylic acid groups (broad SMARTS) is 1. The second kappa shape index (κ2) is 6.64. The molecular weight excluding hydrogens is 294 g/mol. The van der Waals surface area contributed by atoms with Crippen molar-refractivity contribution in [3.63, 3.8) is 0 Å². The molecule has 0 aliphatic carbocycles. The van der Waals surface area contributed by atoms with E-state index in [0.717, 1.165) is 16.8 Å². The Kier molecular flexibility index (Phi) is 4.83. The summed E-state index contributed by atoms with van der Waals surface area (Å²) in [6.07, 6.45) is -0.00447. The van der Waals surface area contributed by atoms with E-state index in [-0.39, 0.29) is 17.7 Å². The molecule has 0 bridgehead atoms. The summed E-state index contributed by atoms with van der Waals surface area (Å²) in [7, 11) is 0. The van der Waals surface area contributed by atoms with Gasteiger partial charge in [-0.05, 0) is 17.2 Å². The summed E-state index contributed by atoms with van der Waals surface area (Å²) in [4.78, 5) is 22.7. The maximum atomic E-state index is 12.1. The Labute approximate surface area is 134 Å². The van der Waals surface area contributed by atoms with Crippen LogP contribution >= 0.6 is 0 Å². The second-order valence-corrected chi connectivity index (χ2v) is 6.49. The number of carboxylic acids is 1. The molecule has 2 rings (SSSR count).